The molecule has 0 radical (unpaired) electrons. The maximum absolute atomic E-state index is 3.58. The first-order chi connectivity index (χ1) is 7.85. The Kier molecular flexibility index (Phi) is 4.42. The Morgan fingerprint density at radius 1 is 1.25 bits per heavy atom. The van der Waals surface area contributed by atoms with Crippen LogP contribution in [0.2, 0.25) is 0 Å². The molecule has 16 heavy (non-hydrogen) atoms. The molecule has 0 saturated heterocycles. The SMILES string of the molecule is CCNC(CC)c1cc2c(s1)CCCCC2. The Balaban J connectivity index is 2.16. The number of aryl methyl sites for hydroxylation is 2. The number of rotatable bonds is 4. The molecule has 2 heteroatoms. The van der Waals surface area contributed by atoms with Gasteiger partial charge in [0, 0.05) is 15.8 Å². The van der Waals surface area contributed by atoms with E-state index < -0.39 is 0 Å². The minimum absolute atomic E-state index is 0.585. The maximum atomic E-state index is 3.58. The van der Waals surface area contributed by atoms with E-state index in [1.165, 1.54) is 38.5 Å². The van der Waals surface area contributed by atoms with Gasteiger partial charge in [-0.3, -0.25) is 0 Å². The number of hydrogen-bond donors (Lipinski definition) is 1. The minimum Gasteiger partial charge on any atom is -0.310 e. The molecule has 90 valence electrons. The third-order valence-corrected chi connectivity index (χ3v) is 4.82. The minimum atomic E-state index is 0.585. The van der Waals surface area contributed by atoms with Crippen LogP contribution in [0.4, 0.5) is 0 Å². The Morgan fingerprint density at radius 3 is 2.81 bits per heavy atom. The van der Waals surface area contributed by atoms with Crippen LogP contribution in [0.3, 0.4) is 0 Å². The van der Waals surface area contributed by atoms with Gasteiger partial charge in [0.25, 0.3) is 0 Å². The fraction of sp³-hybridized carbons (Fsp3) is 0.714. The molecule has 0 spiro atoms. The van der Waals surface area contributed by atoms with Gasteiger partial charge in [0.2, 0.25) is 0 Å². The van der Waals surface area contributed by atoms with Crippen molar-refractivity contribution < 1.29 is 0 Å². The lowest BCUT2D eigenvalue weighted by Crippen LogP contribution is -2.18. The molecule has 1 aliphatic carbocycles. The third-order valence-electron chi connectivity index (χ3n) is 3.47. The van der Waals surface area contributed by atoms with Crippen molar-refractivity contribution >= 4 is 11.3 Å². The van der Waals surface area contributed by atoms with Gasteiger partial charge < -0.3 is 5.32 Å². The van der Waals surface area contributed by atoms with Crippen molar-refractivity contribution in [2.75, 3.05) is 6.54 Å². The zero-order valence-corrected chi connectivity index (χ0v) is 11.3. The van der Waals surface area contributed by atoms with Crippen molar-refractivity contribution in [3.05, 3.63) is 21.4 Å². The lowest BCUT2D eigenvalue weighted by molar-refractivity contribution is 0.545. The van der Waals surface area contributed by atoms with Gasteiger partial charge in [0.15, 0.2) is 0 Å². The maximum Gasteiger partial charge on any atom is 0.0412 e. The smallest absolute Gasteiger partial charge is 0.0412 e. The Bertz CT molecular complexity index is 306. The Labute approximate surface area is 103 Å². The molecule has 0 aromatic carbocycles. The van der Waals surface area contributed by atoms with Gasteiger partial charge in [0.05, 0.1) is 0 Å². The summed E-state index contributed by atoms with van der Waals surface area (Å²) in [5, 5.41) is 3.58. The van der Waals surface area contributed by atoms with E-state index in [0.29, 0.717) is 6.04 Å². The summed E-state index contributed by atoms with van der Waals surface area (Å²) in [6.45, 7) is 5.54. The van der Waals surface area contributed by atoms with Crippen molar-refractivity contribution in [3.63, 3.8) is 0 Å². The lowest BCUT2D eigenvalue weighted by Gasteiger charge is -2.13. The van der Waals surface area contributed by atoms with Crippen LogP contribution in [0.5, 0.6) is 0 Å². The van der Waals surface area contributed by atoms with Gasteiger partial charge in [-0.15, -0.1) is 11.3 Å². The van der Waals surface area contributed by atoms with E-state index in [0.717, 1.165) is 6.54 Å². The first kappa shape index (κ1) is 12.1. The normalized spacial score (nSPS) is 17.9. The van der Waals surface area contributed by atoms with Gasteiger partial charge >= 0.3 is 0 Å². The highest BCUT2D eigenvalue weighted by molar-refractivity contribution is 7.12. The third kappa shape index (κ3) is 2.67. The van der Waals surface area contributed by atoms with Gasteiger partial charge in [-0.25, -0.2) is 0 Å². The van der Waals surface area contributed by atoms with Crippen LogP contribution in [0.25, 0.3) is 0 Å². The first-order valence-electron chi connectivity index (χ1n) is 6.70. The molecule has 2 rings (SSSR count). The van der Waals surface area contributed by atoms with Crippen LogP contribution in [0, 0.1) is 0 Å². The molecule has 1 atom stereocenters. The van der Waals surface area contributed by atoms with E-state index in [1.54, 1.807) is 15.3 Å². The highest BCUT2D eigenvalue weighted by Crippen LogP contribution is 2.33. The summed E-state index contributed by atoms with van der Waals surface area (Å²) in [6, 6.07) is 3.06. The van der Waals surface area contributed by atoms with Crippen molar-refractivity contribution in [1.82, 2.24) is 5.32 Å². The van der Waals surface area contributed by atoms with Crippen molar-refractivity contribution in [1.29, 1.82) is 0 Å². The van der Waals surface area contributed by atoms with Gasteiger partial charge in [-0.05, 0) is 50.3 Å². The highest BCUT2D eigenvalue weighted by atomic mass is 32.1. The topological polar surface area (TPSA) is 12.0 Å². The predicted molar refractivity (Wildman–Crippen MR) is 72.3 cm³/mol. The monoisotopic (exact) mass is 237 g/mol. The van der Waals surface area contributed by atoms with Crippen LogP contribution in [0.15, 0.2) is 6.07 Å². The molecule has 0 fully saturated rings. The lowest BCUT2D eigenvalue weighted by atomic mass is 10.1. The van der Waals surface area contributed by atoms with E-state index >= 15 is 0 Å². The van der Waals surface area contributed by atoms with Gasteiger partial charge in [0.1, 0.15) is 0 Å². The molecule has 1 heterocycles. The Morgan fingerprint density at radius 2 is 2.06 bits per heavy atom. The molecular weight excluding hydrogens is 214 g/mol. The molecule has 0 saturated carbocycles. The average molecular weight is 237 g/mol. The van der Waals surface area contributed by atoms with Crippen LogP contribution in [-0.2, 0) is 12.8 Å². The fourth-order valence-corrected chi connectivity index (χ4v) is 3.97. The van der Waals surface area contributed by atoms with E-state index in [9.17, 15) is 0 Å². The zero-order chi connectivity index (χ0) is 11.4. The summed E-state index contributed by atoms with van der Waals surface area (Å²) in [6.07, 6.45) is 8.04. The first-order valence-corrected chi connectivity index (χ1v) is 7.51. The van der Waals surface area contributed by atoms with Gasteiger partial charge in [-0.1, -0.05) is 20.3 Å². The van der Waals surface area contributed by atoms with Crippen LogP contribution in [-0.4, -0.2) is 6.54 Å². The van der Waals surface area contributed by atoms with Crippen molar-refractivity contribution in [3.8, 4) is 0 Å². The largest absolute Gasteiger partial charge is 0.310 e. The molecule has 1 N–H and O–H groups in total. The fourth-order valence-electron chi connectivity index (χ4n) is 2.55. The van der Waals surface area contributed by atoms with Gasteiger partial charge in [-0.2, -0.15) is 0 Å². The number of hydrogen-bond acceptors (Lipinski definition) is 2. The molecule has 1 aromatic heterocycles. The van der Waals surface area contributed by atoms with Crippen LogP contribution in [0.1, 0.15) is 60.9 Å². The molecule has 1 aliphatic rings. The van der Waals surface area contributed by atoms with Crippen LogP contribution < -0.4 is 5.32 Å². The van der Waals surface area contributed by atoms with E-state index in [-0.39, 0.29) is 0 Å². The summed E-state index contributed by atoms with van der Waals surface area (Å²) in [5.74, 6) is 0. The molecule has 1 aromatic rings. The second-order valence-corrected chi connectivity index (χ2v) is 5.84. The van der Waals surface area contributed by atoms with E-state index in [2.05, 4.69) is 36.6 Å². The summed E-state index contributed by atoms with van der Waals surface area (Å²) < 4.78 is 0. The van der Waals surface area contributed by atoms with Crippen molar-refractivity contribution in [2.24, 2.45) is 0 Å². The van der Waals surface area contributed by atoms with E-state index in [1.807, 2.05) is 0 Å². The second kappa shape index (κ2) is 5.83. The van der Waals surface area contributed by atoms with Crippen LogP contribution >= 0.6 is 11.3 Å². The second-order valence-electron chi connectivity index (χ2n) is 4.68. The Hall–Kier alpha value is -0.340. The summed E-state index contributed by atoms with van der Waals surface area (Å²) in [5.41, 5.74) is 1.65. The standard InChI is InChI=1S/C14H23NS/c1-3-12(15-4-2)14-10-11-8-6-5-7-9-13(11)16-14/h10,12,15H,3-9H2,1-2H3. The molecule has 1 unspecified atom stereocenters. The summed E-state index contributed by atoms with van der Waals surface area (Å²) in [7, 11) is 0. The highest BCUT2D eigenvalue weighted by Gasteiger charge is 2.16. The number of fused-ring (bicyclic) bond motifs is 1. The van der Waals surface area contributed by atoms with Crippen molar-refractivity contribution in [2.45, 2.75) is 58.4 Å². The number of thiophene rings is 1. The molecule has 0 amide bonds. The average Bonchev–Trinajstić information content (AvgIpc) is 2.57. The summed E-state index contributed by atoms with van der Waals surface area (Å²) in [4.78, 5) is 3.24. The summed E-state index contributed by atoms with van der Waals surface area (Å²) >= 11 is 2.06. The number of nitrogens with one attached hydrogen (secondary N) is 1. The zero-order valence-electron chi connectivity index (χ0n) is 10.5. The molecule has 1 nitrogen and oxygen atoms in total. The predicted octanol–water partition coefficient (Wildman–Crippen LogP) is 4.08. The molecular formula is C14H23NS. The molecule has 0 aliphatic heterocycles. The molecule has 0 bridgehead atoms. The quantitative estimate of drug-likeness (QED) is 0.778. The van der Waals surface area contributed by atoms with E-state index in [4.69, 9.17) is 0 Å².